The average molecular weight is 431 g/mol. The number of sulfonamides is 1. The number of carbonyl (C=O) groups is 1. The summed E-state index contributed by atoms with van der Waals surface area (Å²) in [6.07, 6.45) is 3.08. The number of hydrogen-bond donors (Lipinski definition) is 1. The van der Waals surface area contributed by atoms with E-state index in [-0.39, 0.29) is 34.0 Å². The molecule has 3 rings (SSSR count). The minimum atomic E-state index is -3.97. The summed E-state index contributed by atoms with van der Waals surface area (Å²) in [4.78, 5) is 14.4. The van der Waals surface area contributed by atoms with Crippen molar-refractivity contribution < 1.29 is 23.1 Å². The number of nitrogens with zero attached hydrogens (tertiary/aromatic N) is 2. The monoisotopic (exact) mass is 430 g/mol. The maximum absolute atomic E-state index is 12.8. The van der Waals surface area contributed by atoms with Crippen LogP contribution >= 0.6 is 11.8 Å². The molecule has 7 nitrogen and oxygen atoms in total. The number of aromatic hydroxyl groups is 1. The highest BCUT2D eigenvalue weighted by Crippen LogP contribution is 2.35. The second-order valence-corrected chi connectivity index (χ2v) is 8.52. The van der Waals surface area contributed by atoms with Crippen molar-refractivity contribution in [2.24, 2.45) is 4.40 Å². The topological polar surface area (TPSA) is 96.3 Å². The molecular formula is C20H18N2O5S2. The Bertz CT molecular complexity index is 1110. The van der Waals surface area contributed by atoms with E-state index >= 15 is 0 Å². The maximum Gasteiger partial charge on any atom is 0.284 e. The van der Waals surface area contributed by atoms with Gasteiger partial charge in [0.05, 0.1) is 16.9 Å². The first-order valence-electron chi connectivity index (χ1n) is 8.45. The average Bonchev–Trinajstić information content (AvgIpc) is 2.98. The number of ether oxygens (including phenoxy) is 1. The van der Waals surface area contributed by atoms with Gasteiger partial charge in [-0.15, -0.1) is 11.0 Å². The summed E-state index contributed by atoms with van der Waals surface area (Å²) in [6.45, 7) is 3.73. The lowest BCUT2D eigenvalue weighted by molar-refractivity contribution is -0.121. The van der Waals surface area contributed by atoms with Crippen LogP contribution in [-0.2, 0) is 14.8 Å². The van der Waals surface area contributed by atoms with Gasteiger partial charge in [0, 0.05) is 6.54 Å². The lowest BCUT2D eigenvalue weighted by Crippen LogP contribution is -2.29. The standard InChI is InChI=1S/C20H18N2O5S2/c1-3-11-22-19(24)18(13-14-9-10-16(23)17(12-14)27-2)28-20(22)21-29(25,26)15-7-5-4-6-8-15/h3-10,12-13,23H,1,11H2,2H3/b18-13-,21-20?. The predicted octanol–water partition coefficient (Wildman–Crippen LogP) is 3.25. The molecule has 0 aromatic heterocycles. The molecule has 2 aromatic rings. The van der Waals surface area contributed by atoms with E-state index in [9.17, 15) is 18.3 Å². The number of amidine groups is 1. The summed E-state index contributed by atoms with van der Waals surface area (Å²) in [5.41, 5.74) is 0.612. The minimum absolute atomic E-state index is 0.0236. The van der Waals surface area contributed by atoms with E-state index in [1.807, 2.05) is 0 Å². The third-order valence-corrected chi connectivity index (χ3v) is 6.34. The van der Waals surface area contributed by atoms with Gasteiger partial charge in [0.15, 0.2) is 16.7 Å². The van der Waals surface area contributed by atoms with Crippen molar-refractivity contribution in [3.63, 3.8) is 0 Å². The Morgan fingerprint density at radius 3 is 2.62 bits per heavy atom. The molecule has 0 atom stereocenters. The van der Waals surface area contributed by atoms with Crippen molar-refractivity contribution in [3.05, 3.63) is 71.7 Å². The van der Waals surface area contributed by atoms with Crippen molar-refractivity contribution in [2.45, 2.75) is 4.90 Å². The van der Waals surface area contributed by atoms with Gasteiger partial charge in [-0.25, -0.2) is 0 Å². The maximum atomic E-state index is 12.8. The van der Waals surface area contributed by atoms with Crippen LogP contribution in [0.3, 0.4) is 0 Å². The lowest BCUT2D eigenvalue weighted by Gasteiger charge is -2.12. The molecule has 1 aliphatic rings. The Morgan fingerprint density at radius 1 is 1.24 bits per heavy atom. The summed E-state index contributed by atoms with van der Waals surface area (Å²) in [5, 5.41) is 9.77. The first-order valence-corrected chi connectivity index (χ1v) is 10.7. The molecular weight excluding hydrogens is 412 g/mol. The Hall–Kier alpha value is -3.04. The van der Waals surface area contributed by atoms with Crippen LogP contribution in [0.25, 0.3) is 6.08 Å². The normalized spacial score (nSPS) is 17.1. The summed E-state index contributed by atoms with van der Waals surface area (Å²) in [7, 11) is -2.55. The predicted molar refractivity (Wildman–Crippen MR) is 113 cm³/mol. The number of phenolic OH excluding ortho intramolecular Hbond substituents is 1. The van der Waals surface area contributed by atoms with Gasteiger partial charge < -0.3 is 9.84 Å². The zero-order valence-corrected chi connectivity index (χ0v) is 17.1. The van der Waals surface area contributed by atoms with E-state index in [1.54, 1.807) is 36.4 Å². The van der Waals surface area contributed by atoms with E-state index in [1.165, 1.54) is 36.3 Å². The minimum Gasteiger partial charge on any atom is -0.504 e. The molecule has 1 fully saturated rings. The molecule has 1 aliphatic heterocycles. The summed E-state index contributed by atoms with van der Waals surface area (Å²) in [5.74, 6) is -0.146. The smallest absolute Gasteiger partial charge is 0.284 e. The van der Waals surface area contributed by atoms with Gasteiger partial charge >= 0.3 is 0 Å². The number of hydrogen-bond acceptors (Lipinski definition) is 6. The number of rotatable bonds is 6. The van der Waals surface area contributed by atoms with Crippen molar-refractivity contribution in [1.29, 1.82) is 0 Å². The Morgan fingerprint density at radius 2 is 1.97 bits per heavy atom. The molecule has 0 aliphatic carbocycles. The molecule has 0 bridgehead atoms. The molecule has 0 unspecified atom stereocenters. The van der Waals surface area contributed by atoms with Crippen LogP contribution < -0.4 is 4.74 Å². The summed E-state index contributed by atoms with van der Waals surface area (Å²) >= 11 is 0.958. The van der Waals surface area contributed by atoms with Crippen LogP contribution in [0.1, 0.15) is 5.56 Å². The number of carbonyl (C=O) groups excluding carboxylic acids is 1. The number of amides is 1. The Balaban J connectivity index is 2.00. The van der Waals surface area contributed by atoms with Gasteiger partial charge in [0.25, 0.3) is 15.9 Å². The molecule has 1 N–H and O–H groups in total. The highest BCUT2D eigenvalue weighted by atomic mass is 32.2. The first kappa shape index (κ1) is 20.7. The molecule has 9 heteroatoms. The van der Waals surface area contributed by atoms with Crippen molar-refractivity contribution in [2.75, 3.05) is 13.7 Å². The summed E-state index contributed by atoms with van der Waals surface area (Å²) < 4.78 is 34.2. The fourth-order valence-corrected chi connectivity index (χ4v) is 4.76. The van der Waals surface area contributed by atoms with Crippen LogP contribution in [0.4, 0.5) is 0 Å². The molecule has 29 heavy (non-hydrogen) atoms. The summed E-state index contributed by atoms with van der Waals surface area (Å²) in [6, 6.07) is 12.4. The fourth-order valence-electron chi connectivity index (χ4n) is 2.55. The SMILES string of the molecule is C=CCN1C(=O)/C(=C/c2ccc(O)c(OC)c2)SC1=NS(=O)(=O)c1ccccc1. The van der Waals surface area contributed by atoms with Crippen molar-refractivity contribution in [1.82, 2.24) is 4.90 Å². The second kappa shape index (κ2) is 8.54. The van der Waals surface area contributed by atoms with Gasteiger partial charge in [-0.2, -0.15) is 8.42 Å². The molecule has 2 aromatic carbocycles. The highest BCUT2D eigenvalue weighted by Gasteiger charge is 2.34. The zero-order chi connectivity index (χ0) is 21.0. The number of thioether (sulfide) groups is 1. The number of benzene rings is 2. The van der Waals surface area contributed by atoms with Crippen LogP contribution in [0.2, 0.25) is 0 Å². The molecule has 150 valence electrons. The van der Waals surface area contributed by atoms with Crippen molar-refractivity contribution in [3.8, 4) is 11.5 Å². The lowest BCUT2D eigenvalue weighted by atomic mass is 10.2. The van der Waals surface area contributed by atoms with E-state index in [0.29, 0.717) is 10.5 Å². The van der Waals surface area contributed by atoms with E-state index in [4.69, 9.17) is 4.74 Å². The molecule has 0 saturated carbocycles. The number of methoxy groups -OCH3 is 1. The fraction of sp³-hybridized carbons (Fsp3) is 0.100. The quantitative estimate of drug-likeness (QED) is 0.558. The number of phenols is 1. The molecule has 0 spiro atoms. The second-order valence-electron chi connectivity index (χ2n) is 5.91. The van der Waals surface area contributed by atoms with Gasteiger partial charge in [0.2, 0.25) is 0 Å². The van der Waals surface area contributed by atoms with E-state index < -0.39 is 10.0 Å². The molecule has 1 amide bonds. The van der Waals surface area contributed by atoms with Gasteiger partial charge in [-0.3, -0.25) is 9.69 Å². The molecule has 0 radical (unpaired) electrons. The molecule has 1 heterocycles. The van der Waals surface area contributed by atoms with E-state index in [2.05, 4.69) is 11.0 Å². The largest absolute Gasteiger partial charge is 0.504 e. The Kier molecular flexibility index (Phi) is 6.09. The van der Waals surface area contributed by atoms with Crippen LogP contribution in [0, 0.1) is 0 Å². The third-order valence-electron chi connectivity index (χ3n) is 3.94. The van der Waals surface area contributed by atoms with Crippen LogP contribution in [0.15, 0.2) is 75.4 Å². The van der Waals surface area contributed by atoms with Gasteiger partial charge in [-0.05, 0) is 47.7 Å². The van der Waals surface area contributed by atoms with Gasteiger partial charge in [-0.1, -0.05) is 30.3 Å². The molecule has 1 saturated heterocycles. The highest BCUT2D eigenvalue weighted by molar-refractivity contribution is 8.19. The van der Waals surface area contributed by atoms with Crippen LogP contribution in [-0.4, -0.2) is 43.2 Å². The van der Waals surface area contributed by atoms with Crippen LogP contribution in [0.5, 0.6) is 11.5 Å². The van der Waals surface area contributed by atoms with Crippen molar-refractivity contribution >= 4 is 38.9 Å². The first-order chi connectivity index (χ1) is 13.9. The van der Waals surface area contributed by atoms with E-state index in [0.717, 1.165) is 11.8 Å². The zero-order valence-electron chi connectivity index (χ0n) is 15.5. The Labute approximate surface area is 173 Å². The van der Waals surface area contributed by atoms with Gasteiger partial charge in [0.1, 0.15) is 0 Å². The third kappa shape index (κ3) is 4.52.